The van der Waals surface area contributed by atoms with Crippen LogP contribution in [0.25, 0.3) is 0 Å². The van der Waals surface area contributed by atoms with E-state index < -0.39 is 0 Å². The molecule has 0 unspecified atom stereocenters. The molecule has 1 heterocycles. The molecule has 2 aromatic carbocycles. The quantitative estimate of drug-likeness (QED) is 0.605. The highest BCUT2D eigenvalue weighted by Crippen LogP contribution is 2.31. The molecule has 1 aliphatic rings. The number of hydrogen-bond acceptors (Lipinski definition) is 1. The van der Waals surface area contributed by atoms with Gasteiger partial charge in [-0.1, -0.05) is 36.4 Å². The first kappa shape index (κ1) is 10.1. The average Bonchev–Trinajstić information content (AvgIpc) is 2.26. The molecule has 0 fully saturated rings. The second-order valence-electron chi connectivity index (χ2n) is 3.62. The van der Waals surface area contributed by atoms with Crippen LogP contribution in [0.5, 0.6) is 0 Å². The Labute approximate surface area is 95.6 Å². The molecular weight excluding hydrogens is 206 g/mol. The molecule has 0 bridgehead atoms. The number of benzene rings is 2. The number of hydrogen-bond donors (Lipinski definition) is 1. The Morgan fingerprint density at radius 2 is 1.20 bits per heavy atom. The summed E-state index contributed by atoms with van der Waals surface area (Å²) in [5.41, 5.74) is 5.25. The van der Waals surface area contributed by atoms with Gasteiger partial charge in [0, 0.05) is 17.8 Å². The third-order valence-corrected chi connectivity index (χ3v) is 2.68. The van der Waals surface area contributed by atoms with Gasteiger partial charge < -0.3 is 5.32 Å². The normalized spacial score (nSPS) is 11.7. The summed E-state index contributed by atoms with van der Waals surface area (Å²) >= 11 is 0. The molecule has 0 saturated heterocycles. The van der Waals surface area contributed by atoms with Crippen molar-refractivity contribution in [2.24, 2.45) is 0 Å². The predicted molar refractivity (Wildman–Crippen MR) is 66.2 cm³/mol. The summed E-state index contributed by atoms with van der Waals surface area (Å²) < 4.78 is 0. The number of rotatable bonds is 0. The minimum Gasteiger partial charge on any atom is -0.355 e. The monoisotopic (exact) mass is 217 g/mol. The smallest absolute Gasteiger partial charge is 0.0420 e. The number of para-hydroxylation sites is 2. The minimum atomic E-state index is 0. The van der Waals surface area contributed by atoms with Crippen LogP contribution in [0.15, 0.2) is 48.5 Å². The van der Waals surface area contributed by atoms with Crippen LogP contribution in [0.3, 0.4) is 0 Å². The lowest BCUT2D eigenvalue weighted by atomic mass is 9.98. The molecule has 2 heteroatoms. The SMILES string of the molecule is Cl.c1ccc2c(c1)Cc1ccccc1N2. The fourth-order valence-corrected chi connectivity index (χ4v) is 1.94. The first-order valence-electron chi connectivity index (χ1n) is 4.86. The minimum absolute atomic E-state index is 0. The Kier molecular flexibility index (Phi) is 2.65. The van der Waals surface area contributed by atoms with Crippen LogP contribution < -0.4 is 5.32 Å². The van der Waals surface area contributed by atoms with E-state index in [-0.39, 0.29) is 12.4 Å². The van der Waals surface area contributed by atoms with Gasteiger partial charge in [-0.15, -0.1) is 12.4 Å². The summed E-state index contributed by atoms with van der Waals surface area (Å²) in [4.78, 5) is 0. The lowest BCUT2D eigenvalue weighted by Gasteiger charge is -2.20. The molecule has 0 aromatic heterocycles. The maximum atomic E-state index is 3.44. The first-order chi connectivity index (χ1) is 6.93. The van der Waals surface area contributed by atoms with Crippen molar-refractivity contribution in [1.29, 1.82) is 0 Å². The van der Waals surface area contributed by atoms with E-state index in [0.717, 1.165) is 6.42 Å². The Hall–Kier alpha value is -1.47. The molecule has 0 amide bonds. The summed E-state index contributed by atoms with van der Waals surface area (Å²) in [5, 5.41) is 3.44. The average molecular weight is 218 g/mol. The second kappa shape index (κ2) is 3.95. The van der Waals surface area contributed by atoms with Crippen LogP contribution in [-0.4, -0.2) is 0 Å². The molecule has 0 radical (unpaired) electrons. The van der Waals surface area contributed by atoms with Crippen LogP contribution >= 0.6 is 12.4 Å². The van der Waals surface area contributed by atoms with Crippen molar-refractivity contribution in [2.75, 3.05) is 5.32 Å². The van der Waals surface area contributed by atoms with Gasteiger partial charge in [-0.25, -0.2) is 0 Å². The van der Waals surface area contributed by atoms with Crippen LogP contribution in [0.4, 0.5) is 11.4 Å². The van der Waals surface area contributed by atoms with Gasteiger partial charge in [-0.05, 0) is 23.3 Å². The molecule has 76 valence electrons. The molecule has 1 N–H and O–H groups in total. The molecule has 0 spiro atoms. The number of nitrogens with one attached hydrogen (secondary N) is 1. The lowest BCUT2D eigenvalue weighted by Crippen LogP contribution is -2.05. The Bertz CT molecular complexity index is 392. The molecule has 3 rings (SSSR count). The van der Waals surface area contributed by atoms with Crippen molar-refractivity contribution in [2.45, 2.75) is 6.42 Å². The topological polar surface area (TPSA) is 12.0 Å². The maximum absolute atomic E-state index is 3.44. The molecule has 1 aliphatic heterocycles. The molecule has 0 atom stereocenters. The van der Waals surface area contributed by atoms with Crippen molar-refractivity contribution >= 4 is 23.8 Å². The van der Waals surface area contributed by atoms with Crippen LogP contribution in [0.1, 0.15) is 11.1 Å². The van der Waals surface area contributed by atoms with E-state index in [0.29, 0.717) is 0 Å². The van der Waals surface area contributed by atoms with Gasteiger partial charge >= 0.3 is 0 Å². The fraction of sp³-hybridized carbons (Fsp3) is 0.0769. The Balaban J connectivity index is 0.000000853. The van der Waals surface area contributed by atoms with E-state index in [1.807, 2.05) is 0 Å². The summed E-state index contributed by atoms with van der Waals surface area (Å²) in [6.45, 7) is 0. The van der Waals surface area contributed by atoms with Gasteiger partial charge in [0.1, 0.15) is 0 Å². The molecule has 0 aliphatic carbocycles. The highest BCUT2D eigenvalue weighted by molar-refractivity contribution is 5.85. The third kappa shape index (κ3) is 1.71. The van der Waals surface area contributed by atoms with E-state index in [4.69, 9.17) is 0 Å². The van der Waals surface area contributed by atoms with Gasteiger partial charge in [-0.2, -0.15) is 0 Å². The maximum Gasteiger partial charge on any atom is 0.0420 e. The zero-order chi connectivity index (χ0) is 9.38. The third-order valence-electron chi connectivity index (χ3n) is 2.68. The molecule has 15 heavy (non-hydrogen) atoms. The zero-order valence-corrected chi connectivity index (χ0v) is 9.05. The molecular formula is C13H12ClN. The summed E-state index contributed by atoms with van der Waals surface area (Å²) in [7, 11) is 0. The van der Waals surface area contributed by atoms with E-state index >= 15 is 0 Å². The number of anilines is 2. The van der Waals surface area contributed by atoms with Crippen molar-refractivity contribution < 1.29 is 0 Å². The van der Waals surface area contributed by atoms with E-state index in [9.17, 15) is 0 Å². The lowest BCUT2D eigenvalue weighted by molar-refractivity contribution is 1.16. The van der Waals surface area contributed by atoms with Crippen molar-refractivity contribution in [1.82, 2.24) is 0 Å². The van der Waals surface area contributed by atoms with E-state index in [1.165, 1.54) is 22.5 Å². The fourth-order valence-electron chi connectivity index (χ4n) is 1.94. The zero-order valence-electron chi connectivity index (χ0n) is 8.23. The van der Waals surface area contributed by atoms with Gasteiger partial charge in [0.25, 0.3) is 0 Å². The van der Waals surface area contributed by atoms with E-state index in [1.54, 1.807) is 0 Å². The van der Waals surface area contributed by atoms with Crippen molar-refractivity contribution in [3.05, 3.63) is 59.7 Å². The standard InChI is InChI=1S/C13H11N.ClH/c1-3-7-12-10(5-1)9-11-6-2-4-8-13(11)14-12;/h1-8,14H,9H2;1H. The number of halogens is 1. The largest absolute Gasteiger partial charge is 0.355 e. The summed E-state index contributed by atoms with van der Waals surface area (Å²) in [6, 6.07) is 16.9. The van der Waals surface area contributed by atoms with E-state index in [2.05, 4.69) is 53.8 Å². The van der Waals surface area contributed by atoms with Gasteiger partial charge in [0.15, 0.2) is 0 Å². The van der Waals surface area contributed by atoms with Crippen LogP contribution in [0.2, 0.25) is 0 Å². The van der Waals surface area contributed by atoms with Gasteiger partial charge in [-0.3, -0.25) is 0 Å². The highest BCUT2D eigenvalue weighted by Gasteiger charge is 2.12. The number of fused-ring (bicyclic) bond motifs is 2. The van der Waals surface area contributed by atoms with Crippen LogP contribution in [-0.2, 0) is 6.42 Å². The molecule has 2 aromatic rings. The summed E-state index contributed by atoms with van der Waals surface area (Å²) in [6.07, 6.45) is 1.04. The first-order valence-corrected chi connectivity index (χ1v) is 4.86. The van der Waals surface area contributed by atoms with Crippen molar-refractivity contribution in [3.63, 3.8) is 0 Å². The Morgan fingerprint density at radius 3 is 1.73 bits per heavy atom. The van der Waals surface area contributed by atoms with Crippen molar-refractivity contribution in [3.8, 4) is 0 Å². The second-order valence-corrected chi connectivity index (χ2v) is 3.62. The van der Waals surface area contributed by atoms with Gasteiger partial charge in [0.05, 0.1) is 0 Å². The predicted octanol–water partition coefficient (Wildman–Crippen LogP) is 3.76. The Morgan fingerprint density at radius 1 is 0.733 bits per heavy atom. The summed E-state index contributed by atoms with van der Waals surface area (Å²) in [5.74, 6) is 0. The molecule has 1 nitrogen and oxygen atoms in total. The van der Waals surface area contributed by atoms with Gasteiger partial charge in [0.2, 0.25) is 0 Å². The van der Waals surface area contributed by atoms with Crippen LogP contribution in [0, 0.1) is 0 Å². The molecule has 0 saturated carbocycles. The highest BCUT2D eigenvalue weighted by atomic mass is 35.5.